The van der Waals surface area contributed by atoms with Gasteiger partial charge in [0.25, 0.3) is 5.91 Å². The minimum absolute atomic E-state index is 0.0682. The van der Waals surface area contributed by atoms with Crippen molar-refractivity contribution in [3.63, 3.8) is 0 Å². The van der Waals surface area contributed by atoms with Crippen molar-refractivity contribution in [2.45, 2.75) is 13.0 Å². The zero-order valence-corrected chi connectivity index (χ0v) is 12.2. The number of nitrogens with zero attached hydrogens (tertiary/aromatic N) is 3. The largest absolute Gasteiger partial charge is 0.346 e. The Bertz CT molecular complexity index is 736. The van der Waals surface area contributed by atoms with Crippen LogP contribution < -0.4 is 5.32 Å². The molecule has 0 aliphatic rings. The van der Waals surface area contributed by atoms with Crippen LogP contribution in [0.2, 0.25) is 0 Å². The van der Waals surface area contributed by atoms with Gasteiger partial charge < -0.3 is 5.32 Å². The van der Waals surface area contributed by atoms with Crippen molar-refractivity contribution in [3.05, 3.63) is 78.4 Å². The highest BCUT2D eigenvalue weighted by atomic mass is 16.1. The van der Waals surface area contributed by atoms with Gasteiger partial charge in [0.2, 0.25) is 0 Å². The lowest BCUT2D eigenvalue weighted by molar-refractivity contribution is 0.0940. The molecule has 0 radical (unpaired) electrons. The van der Waals surface area contributed by atoms with E-state index >= 15 is 0 Å². The van der Waals surface area contributed by atoms with E-state index in [1.165, 1.54) is 0 Å². The highest BCUT2D eigenvalue weighted by molar-refractivity contribution is 5.94. The number of amides is 1. The van der Waals surface area contributed by atoms with Crippen LogP contribution in [0.1, 0.15) is 28.9 Å². The summed E-state index contributed by atoms with van der Waals surface area (Å²) >= 11 is 0. The van der Waals surface area contributed by atoms with Crippen LogP contribution >= 0.6 is 0 Å². The molecule has 1 aromatic carbocycles. The van der Waals surface area contributed by atoms with E-state index in [1.54, 1.807) is 35.4 Å². The van der Waals surface area contributed by atoms with Crippen molar-refractivity contribution in [3.8, 4) is 5.69 Å². The molecule has 0 spiro atoms. The van der Waals surface area contributed by atoms with Crippen molar-refractivity contribution in [2.75, 3.05) is 0 Å². The summed E-state index contributed by atoms with van der Waals surface area (Å²) in [5, 5.41) is 7.14. The maximum absolute atomic E-state index is 12.3. The monoisotopic (exact) mass is 292 g/mol. The van der Waals surface area contributed by atoms with Crippen LogP contribution in [0, 0.1) is 0 Å². The molecule has 0 saturated carbocycles. The van der Waals surface area contributed by atoms with Gasteiger partial charge in [0.15, 0.2) is 0 Å². The number of carbonyl (C=O) groups excluding carboxylic acids is 1. The van der Waals surface area contributed by atoms with E-state index in [4.69, 9.17) is 0 Å². The molecule has 1 amide bonds. The Balaban J connectivity index is 1.70. The average Bonchev–Trinajstić information content (AvgIpc) is 3.10. The van der Waals surface area contributed by atoms with Gasteiger partial charge in [-0.3, -0.25) is 9.78 Å². The Morgan fingerprint density at radius 3 is 2.45 bits per heavy atom. The maximum Gasteiger partial charge on any atom is 0.251 e. The number of nitrogens with one attached hydrogen (secondary N) is 1. The lowest BCUT2D eigenvalue weighted by atomic mass is 10.1. The summed E-state index contributed by atoms with van der Waals surface area (Å²) in [6.07, 6.45) is 7.02. The number of aromatic nitrogens is 3. The number of carbonyl (C=O) groups is 1. The third kappa shape index (κ3) is 3.03. The van der Waals surface area contributed by atoms with E-state index in [0.29, 0.717) is 5.56 Å². The molecule has 3 aromatic rings. The van der Waals surface area contributed by atoms with Gasteiger partial charge in [-0.1, -0.05) is 0 Å². The standard InChI is InChI=1S/C17H16N4O/c1-13(14-7-10-18-11-8-14)20-17(22)15-3-5-16(6-4-15)21-12-2-9-19-21/h2-13H,1H3,(H,20,22)/t13-/m0/s1. The topological polar surface area (TPSA) is 59.8 Å². The predicted octanol–water partition coefficient (Wildman–Crippen LogP) is 2.76. The van der Waals surface area contributed by atoms with Gasteiger partial charge in [0.05, 0.1) is 11.7 Å². The van der Waals surface area contributed by atoms with Gasteiger partial charge >= 0.3 is 0 Å². The third-order valence-corrected chi connectivity index (χ3v) is 3.45. The van der Waals surface area contributed by atoms with E-state index in [2.05, 4.69) is 15.4 Å². The second-order valence-electron chi connectivity index (χ2n) is 4.97. The Kier molecular flexibility index (Phi) is 3.96. The summed E-state index contributed by atoms with van der Waals surface area (Å²) in [5.74, 6) is -0.101. The molecule has 0 saturated heterocycles. The normalized spacial score (nSPS) is 11.9. The first-order chi connectivity index (χ1) is 10.7. The summed E-state index contributed by atoms with van der Waals surface area (Å²) in [4.78, 5) is 16.3. The van der Waals surface area contributed by atoms with Gasteiger partial charge in [-0.05, 0) is 55.0 Å². The Morgan fingerprint density at radius 1 is 1.09 bits per heavy atom. The molecular formula is C17H16N4O. The fourth-order valence-electron chi connectivity index (χ4n) is 2.20. The number of benzene rings is 1. The van der Waals surface area contributed by atoms with Crippen molar-refractivity contribution in [1.82, 2.24) is 20.1 Å². The molecule has 1 atom stereocenters. The molecule has 5 heteroatoms. The van der Waals surface area contributed by atoms with E-state index < -0.39 is 0 Å². The van der Waals surface area contributed by atoms with Gasteiger partial charge in [0, 0.05) is 30.4 Å². The molecule has 0 fully saturated rings. The smallest absolute Gasteiger partial charge is 0.251 e. The predicted molar refractivity (Wildman–Crippen MR) is 83.7 cm³/mol. The molecule has 0 unspecified atom stereocenters. The highest BCUT2D eigenvalue weighted by Gasteiger charge is 2.11. The average molecular weight is 292 g/mol. The molecule has 2 heterocycles. The number of pyridine rings is 1. The van der Waals surface area contributed by atoms with Crippen molar-refractivity contribution in [2.24, 2.45) is 0 Å². The van der Waals surface area contributed by atoms with Gasteiger partial charge in [0.1, 0.15) is 0 Å². The van der Waals surface area contributed by atoms with Gasteiger partial charge in [-0.15, -0.1) is 0 Å². The van der Waals surface area contributed by atoms with Crippen LogP contribution in [0.15, 0.2) is 67.3 Å². The molecule has 0 bridgehead atoms. The third-order valence-electron chi connectivity index (χ3n) is 3.45. The van der Waals surface area contributed by atoms with Gasteiger partial charge in [-0.25, -0.2) is 4.68 Å². The van der Waals surface area contributed by atoms with Crippen LogP contribution in [-0.4, -0.2) is 20.7 Å². The van der Waals surface area contributed by atoms with Crippen molar-refractivity contribution >= 4 is 5.91 Å². The minimum atomic E-state index is -0.101. The zero-order chi connectivity index (χ0) is 15.4. The fraction of sp³-hybridized carbons (Fsp3) is 0.118. The summed E-state index contributed by atoms with van der Waals surface area (Å²) in [7, 11) is 0. The van der Waals surface area contributed by atoms with Crippen LogP contribution in [0.3, 0.4) is 0 Å². The van der Waals surface area contributed by atoms with Crippen LogP contribution in [0.4, 0.5) is 0 Å². The number of hydrogen-bond donors (Lipinski definition) is 1. The molecule has 22 heavy (non-hydrogen) atoms. The second-order valence-corrected chi connectivity index (χ2v) is 4.97. The molecular weight excluding hydrogens is 276 g/mol. The van der Waals surface area contributed by atoms with E-state index in [1.807, 2.05) is 43.5 Å². The quantitative estimate of drug-likeness (QED) is 0.804. The van der Waals surface area contributed by atoms with Crippen LogP contribution in [0.25, 0.3) is 5.69 Å². The molecule has 110 valence electrons. The second kappa shape index (κ2) is 6.22. The number of hydrogen-bond acceptors (Lipinski definition) is 3. The minimum Gasteiger partial charge on any atom is -0.346 e. The van der Waals surface area contributed by atoms with E-state index in [-0.39, 0.29) is 11.9 Å². The maximum atomic E-state index is 12.3. The first-order valence-corrected chi connectivity index (χ1v) is 7.05. The Hall–Kier alpha value is -2.95. The molecule has 0 aliphatic carbocycles. The van der Waals surface area contributed by atoms with Crippen LogP contribution in [-0.2, 0) is 0 Å². The lowest BCUT2D eigenvalue weighted by Crippen LogP contribution is -2.26. The molecule has 3 rings (SSSR count). The summed E-state index contributed by atoms with van der Waals surface area (Å²) in [6, 6.07) is 12.9. The number of rotatable bonds is 4. The first-order valence-electron chi connectivity index (χ1n) is 7.05. The molecule has 1 N–H and O–H groups in total. The molecule has 0 aliphatic heterocycles. The SMILES string of the molecule is C[C@H](NC(=O)c1ccc(-n2cccn2)cc1)c1ccncc1. The van der Waals surface area contributed by atoms with E-state index in [9.17, 15) is 4.79 Å². The van der Waals surface area contributed by atoms with Crippen LogP contribution in [0.5, 0.6) is 0 Å². The Morgan fingerprint density at radius 2 is 1.82 bits per heavy atom. The zero-order valence-electron chi connectivity index (χ0n) is 12.2. The van der Waals surface area contributed by atoms with Crippen molar-refractivity contribution in [1.29, 1.82) is 0 Å². The first kappa shape index (κ1) is 14.0. The Labute approximate surface area is 128 Å². The highest BCUT2D eigenvalue weighted by Crippen LogP contribution is 2.13. The fourth-order valence-corrected chi connectivity index (χ4v) is 2.20. The van der Waals surface area contributed by atoms with Crippen molar-refractivity contribution < 1.29 is 4.79 Å². The van der Waals surface area contributed by atoms with Gasteiger partial charge in [-0.2, -0.15) is 5.10 Å². The molecule has 2 aromatic heterocycles. The van der Waals surface area contributed by atoms with E-state index in [0.717, 1.165) is 11.3 Å². The molecule has 5 nitrogen and oxygen atoms in total. The summed E-state index contributed by atoms with van der Waals surface area (Å²) in [6.45, 7) is 1.95. The summed E-state index contributed by atoms with van der Waals surface area (Å²) in [5.41, 5.74) is 2.57. The lowest BCUT2D eigenvalue weighted by Gasteiger charge is -2.14. The summed E-state index contributed by atoms with van der Waals surface area (Å²) < 4.78 is 1.75.